The second-order valence-corrected chi connectivity index (χ2v) is 3.52. The number of methoxy groups -OCH3 is 2. The van der Waals surface area contributed by atoms with E-state index >= 15 is 0 Å². The van der Waals surface area contributed by atoms with Crippen molar-refractivity contribution in [2.24, 2.45) is 0 Å². The Hall–Kier alpha value is -1.40. The fourth-order valence-electron chi connectivity index (χ4n) is 1.41. The molecule has 0 fully saturated rings. The summed E-state index contributed by atoms with van der Waals surface area (Å²) in [5.41, 5.74) is 0.646. The lowest BCUT2D eigenvalue weighted by Crippen LogP contribution is -2.19. The van der Waals surface area contributed by atoms with Gasteiger partial charge in [0.15, 0.2) is 0 Å². The molecule has 0 bridgehead atoms. The molecular weight excluding hydrogens is 244 g/mol. The van der Waals surface area contributed by atoms with Crippen LogP contribution in [0, 0.1) is 0 Å². The van der Waals surface area contributed by atoms with Crippen molar-refractivity contribution in [3.63, 3.8) is 0 Å². The van der Waals surface area contributed by atoms with Crippen LogP contribution in [0.25, 0.3) is 0 Å². The second kappa shape index (κ2) is 7.84. The van der Waals surface area contributed by atoms with Gasteiger partial charge < -0.3 is 19.5 Å². The third kappa shape index (κ3) is 4.85. The topological polar surface area (TPSA) is 39.7 Å². The summed E-state index contributed by atoms with van der Waals surface area (Å²) in [4.78, 5) is 0. The van der Waals surface area contributed by atoms with E-state index in [1.807, 2.05) is 0 Å². The first-order valence-corrected chi connectivity index (χ1v) is 5.48. The van der Waals surface area contributed by atoms with Crippen molar-refractivity contribution < 1.29 is 23.0 Å². The standard InChI is InChI=1S/C12H17F2NO3/c1-16-6-5-15-8-9-3-4-10(17-2)7-11(9)18-12(13)14/h3-4,7,12,15H,5-6,8H2,1-2H3. The highest BCUT2D eigenvalue weighted by atomic mass is 19.3. The smallest absolute Gasteiger partial charge is 0.387 e. The Bertz CT molecular complexity index is 361. The van der Waals surface area contributed by atoms with Crippen molar-refractivity contribution in [1.29, 1.82) is 0 Å². The summed E-state index contributed by atoms with van der Waals surface area (Å²) in [6, 6.07) is 4.83. The number of nitrogens with one attached hydrogen (secondary N) is 1. The molecule has 102 valence electrons. The van der Waals surface area contributed by atoms with Crippen LogP contribution in [0.3, 0.4) is 0 Å². The lowest BCUT2D eigenvalue weighted by atomic mass is 10.2. The van der Waals surface area contributed by atoms with E-state index in [1.165, 1.54) is 13.2 Å². The van der Waals surface area contributed by atoms with Gasteiger partial charge >= 0.3 is 6.61 Å². The molecule has 0 heterocycles. The quantitative estimate of drug-likeness (QED) is 0.727. The average molecular weight is 261 g/mol. The molecule has 1 aromatic rings. The monoisotopic (exact) mass is 261 g/mol. The van der Waals surface area contributed by atoms with Crippen LogP contribution in [0.5, 0.6) is 11.5 Å². The molecule has 0 spiro atoms. The van der Waals surface area contributed by atoms with Gasteiger partial charge in [0.25, 0.3) is 0 Å². The van der Waals surface area contributed by atoms with Crippen LogP contribution >= 0.6 is 0 Å². The molecule has 0 saturated heterocycles. The maximum Gasteiger partial charge on any atom is 0.387 e. The third-order valence-corrected chi connectivity index (χ3v) is 2.29. The SMILES string of the molecule is COCCNCc1ccc(OC)cc1OC(F)F. The van der Waals surface area contributed by atoms with E-state index < -0.39 is 6.61 Å². The summed E-state index contributed by atoms with van der Waals surface area (Å²) in [6.07, 6.45) is 0. The Labute approximate surface area is 105 Å². The Morgan fingerprint density at radius 1 is 1.28 bits per heavy atom. The van der Waals surface area contributed by atoms with Crippen molar-refractivity contribution in [3.05, 3.63) is 23.8 Å². The predicted octanol–water partition coefficient (Wildman–Crippen LogP) is 2.03. The number of ether oxygens (including phenoxy) is 3. The molecule has 0 aliphatic rings. The van der Waals surface area contributed by atoms with E-state index in [0.29, 0.717) is 31.0 Å². The number of halogens is 2. The highest BCUT2D eigenvalue weighted by molar-refractivity contribution is 5.40. The number of hydrogen-bond donors (Lipinski definition) is 1. The van der Waals surface area contributed by atoms with Crippen LogP contribution in [0.1, 0.15) is 5.56 Å². The van der Waals surface area contributed by atoms with Gasteiger partial charge in [0.05, 0.1) is 13.7 Å². The molecule has 0 atom stereocenters. The molecule has 18 heavy (non-hydrogen) atoms. The molecule has 6 heteroatoms. The van der Waals surface area contributed by atoms with Crippen LogP contribution in [-0.2, 0) is 11.3 Å². The molecule has 0 aromatic heterocycles. The lowest BCUT2D eigenvalue weighted by molar-refractivity contribution is -0.0505. The summed E-state index contributed by atoms with van der Waals surface area (Å²) in [5.74, 6) is 0.598. The van der Waals surface area contributed by atoms with E-state index in [-0.39, 0.29) is 5.75 Å². The third-order valence-electron chi connectivity index (χ3n) is 2.29. The summed E-state index contributed by atoms with van der Waals surface area (Å²) in [5, 5.41) is 3.06. The summed E-state index contributed by atoms with van der Waals surface area (Å²) in [6.45, 7) is -1.23. The van der Waals surface area contributed by atoms with Gasteiger partial charge in [-0.3, -0.25) is 0 Å². The van der Waals surface area contributed by atoms with Gasteiger partial charge in [0.2, 0.25) is 0 Å². The Balaban J connectivity index is 2.68. The predicted molar refractivity (Wildman–Crippen MR) is 63.2 cm³/mol. The number of alkyl halides is 2. The fourth-order valence-corrected chi connectivity index (χ4v) is 1.41. The molecule has 1 rings (SSSR count). The molecule has 0 amide bonds. The molecule has 0 unspecified atom stereocenters. The van der Waals surface area contributed by atoms with Gasteiger partial charge in [-0.1, -0.05) is 6.07 Å². The molecule has 0 radical (unpaired) electrons. The highest BCUT2D eigenvalue weighted by Gasteiger charge is 2.10. The van der Waals surface area contributed by atoms with Crippen molar-refractivity contribution in [2.75, 3.05) is 27.4 Å². The molecule has 4 nitrogen and oxygen atoms in total. The first kappa shape index (κ1) is 14.7. The first-order valence-electron chi connectivity index (χ1n) is 5.48. The molecule has 0 aliphatic carbocycles. The fraction of sp³-hybridized carbons (Fsp3) is 0.500. The average Bonchev–Trinajstić information content (AvgIpc) is 2.35. The van der Waals surface area contributed by atoms with E-state index in [9.17, 15) is 8.78 Å². The maximum absolute atomic E-state index is 12.3. The molecule has 0 aliphatic heterocycles. The van der Waals surface area contributed by atoms with Gasteiger partial charge in [0, 0.05) is 31.8 Å². The molecule has 1 aromatic carbocycles. The van der Waals surface area contributed by atoms with Crippen LogP contribution in [0.2, 0.25) is 0 Å². The molecular formula is C12H17F2NO3. The van der Waals surface area contributed by atoms with Crippen LogP contribution in [0.15, 0.2) is 18.2 Å². The minimum Gasteiger partial charge on any atom is -0.497 e. The summed E-state index contributed by atoms with van der Waals surface area (Å²) >= 11 is 0. The highest BCUT2D eigenvalue weighted by Crippen LogP contribution is 2.26. The van der Waals surface area contributed by atoms with Gasteiger partial charge in [0.1, 0.15) is 11.5 Å². The van der Waals surface area contributed by atoms with Crippen LogP contribution in [0.4, 0.5) is 8.78 Å². The first-order chi connectivity index (χ1) is 8.67. The Morgan fingerprint density at radius 2 is 2.06 bits per heavy atom. The normalized spacial score (nSPS) is 10.7. The number of benzene rings is 1. The van der Waals surface area contributed by atoms with Crippen LogP contribution in [-0.4, -0.2) is 34.0 Å². The molecule has 1 N–H and O–H groups in total. The van der Waals surface area contributed by atoms with Gasteiger partial charge in [-0.25, -0.2) is 0 Å². The van der Waals surface area contributed by atoms with Gasteiger partial charge in [-0.15, -0.1) is 0 Å². The van der Waals surface area contributed by atoms with Crippen molar-refractivity contribution in [2.45, 2.75) is 13.2 Å². The minimum atomic E-state index is -2.85. The summed E-state index contributed by atoms with van der Waals surface area (Å²) in [7, 11) is 3.07. The van der Waals surface area contributed by atoms with E-state index in [0.717, 1.165) is 0 Å². The van der Waals surface area contributed by atoms with Crippen molar-refractivity contribution >= 4 is 0 Å². The molecule has 0 saturated carbocycles. The Morgan fingerprint density at radius 3 is 2.67 bits per heavy atom. The second-order valence-electron chi connectivity index (χ2n) is 3.52. The van der Waals surface area contributed by atoms with Gasteiger partial charge in [-0.2, -0.15) is 8.78 Å². The zero-order valence-corrected chi connectivity index (χ0v) is 10.4. The van der Waals surface area contributed by atoms with Crippen molar-refractivity contribution in [3.8, 4) is 11.5 Å². The maximum atomic E-state index is 12.3. The number of rotatable bonds is 8. The lowest BCUT2D eigenvalue weighted by Gasteiger charge is -2.12. The minimum absolute atomic E-state index is 0.120. The van der Waals surface area contributed by atoms with E-state index in [1.54, 1.807) is 19.2 Å². The number of hydrogen-bond acceptors (Lipinski definition) is 4. The van der Waals surface area contributed by atoms with Gasteiger partial charge in [-0.05, 0) is 6.07 Å². The Kier molecular flexibility index (Phi) is 6.38. The zero-order valence-electron chi connectivity index (χ0n) is 10.4. The summed E-state index contributed by atoms with van der Waals surface area (Å²) < 4.78 is 38.9. The van der Waals surface area contributed by atoms with E-state index in [2.05, 4.69) is 10.1 Å². The largest absolute Gasteiger partial charge is 0.497 e. The van der Waals surface area contributed by atoms with E-state index in [4.69, 9.17) is 9.47 Å². The zero-order chi connectivity index (χ0) is 13.4. The van der Waals surface area contributed by atoms with Crippen LogP contribution < -0.4 is 14.8 Å². The van der Waals surface area contributed by atoms with Crippen molar-refractivity contribution in [1.82, 2.24) is 5.32 Å².